The first-order valence-electron chi connectivity index (χ1n) is 8.60. The van der Waals surface area contributed by atoms with Crippen LogP contribution in [0.15, 0.2) is 6.07 Å². The fourth-order valence-electron chi connectivity index (χ4n) is 5.52. The number of carbonyl (C=O) groups is 1. The normalized spacial score (nSPS) is 33.1. The van der Waals surface area contributed by atoms with E-state index in [-0.39, 0.29) is 11.2 Å². The number of methoxy groups -OCH3 is 1. The standard InChI is InChI=1S/C19H25NO3/c1-11-8-16(23-3)18(22)17-13(11)9-15-14-5-4-12(21)10-19(14,17)6-7-20(15)2/h8,14-15,22H,4-7,9-10H2,1-3H3/t14?,15?,19-/m0/s1. The molecule has 124 valence electrons. The van der Waals surface area contributed by atoms with E-state index in [1.165, 1.54) is 11.1 Å². The van der Waals surface area contributed by atoms with Crippen molar-refractivity contribution >= 4 is 5.78 Å². The van der Waals surface area contributed by atoms with Gasteiger partial charge in [0.05, 0.1) is 7.11 Å². The number of aryl methyl sites for hydroxylation is 1. The third-order valence-electron chi connectivity index (χ3n) is 6.62. The molecular formula is C19H25NO3. The van der Waals surface area contributed by atoms with Crippen LogP contribution in [0.3, 0.4) is 0 Å². The molecule has 4 heteroatoms. The van der Waals surface area contributed by atoms with Crippen LogP contribution in [0.4, 0.5) is 0 Å². The summed E-state index contributed by atoms with van der Waals surface area (Å²) in [5.41, 5.74) is 3.25. The molecule has 1 saturated heterocycles. The van der Waals surface area contributed by atoms with Crippen molar-refractivity contribution in [2.45, 2.75) is 50.5 Å². The van der Waals surface area contributed by atoms with Crippen molar-refractivity contribution in [3.05, 3.63) is 22.8 Å². The Bertz CT molecular complexity index is 684. The summed E-state index contributed by atoms with van der Waals surface area (Å²) in [5, 5.41) is 10.9. The fraction of sp³-hybridized carbons (Fsp3) is 0.632. The van der Waals surface area contributed by atoms with Gasteiger partial charge in [0.1, 0.15) is 5.78 Å². The minimum atomic E-state index is -0.191. The highest BCUT2D eigenvalue weighted by Crippen LogP contribution is 2.58. The number of rotatable bonds is 1. The Labute approximate surface area is 137 Å². The maximum Gasteiger partial charge on any atom is 0.161 e. The highest BCUT2D eigenvalue weighted by atomic mass is 16.5. The summed E-state index contributed by atoms with van der Waals surface area (Å²) in [6.07, 6.45) is 4.13. The Morgan fingerprint density at radius 3 is 2.96 bits per heavy atom. The number of nitrogens with zero attached hydrogens (tertiary/aromatic N) is 1. The van der Waals surface area contributed by atoms with Gasteiger partial charge in [-0.25, -0.2) is 0 Å². The second-order valence-electron chi connectivity index (χ2n) is 7.62. The number of fused-ring (bicyclic) bond motifs is 1. The summed E-state index contributed by atoms with van der Waals surface area (Å²) in [5.74, 6) is 1.63. The van der Waals surface area contributed by atoms with Gasteiger partial charge in [0.15, 0.2) is 11.5 Å². The number of likely N-dealkylation sites (N-methyl/N-ethyl adjacent to an activating group) is 1. The van der Waals surface area contributed by atoms with Crippen molar-refractivity contribution < 1.29 is 14.6 Å². The molecule has 2 unspecified atom stereocenters. The molecule has 3 atom stereocenters. The van der Waals surface area contributed by atoms with Gasteiger partial charge in [0.25, 0.3) is 0 Å². The Morgan fingerprint density at radius 2 is 2.22 bits per heavy atom. The molecule has 1 N–H and O–H groups in total. The summed E-state index contributed by atoms with van der Waals surface area (Å²) >= 11 is 0. The van der Waals surface area contributed by atoms with Gasteiger partial charge in [-0.15, -0.1) is 0 Å². The molecule has 1 aromatic carbocycles. The third kappa shape index (κ3) is 1.90. The summed E-state index contributed by atoms with van der Waals surface area (Å²) in [7, 11) is 3.80. The zero-order valence-corrected chi connectivity index (χ0v) is 14.2. The number of hydrogen-bond donors (Lipinski definition) is 1. The van der Waals surface area contributed by atoms with Crippen LogP contribution in [0.2, 0.25) is 0 Å². The first-order valence-corrected chi connectivity index (χ1v) is 8.60. The second-order valence-corrected chi connectivity index (χ2v) is 7.62. The average molecular weight is 315 g/mol. The monoisotopic (exact) mass is 315 g/mol. The predicted octanol–water partition coefficient (Wildman–Crippen LogP) is 2.58. The van der Waals surface area contributed by atoms with Gasteiger partial charge in [-0.3, -0.25) is 4.79 Å². The molecule has 23 heavy (non-hydrogen) atoms. The van der Waals surface area contributed by atoms with Gasteiger partial charge in [-0.1, -0.05) is 0 Å². The minimum Gasteiger partial charge on any atom is -0.504 e. The van der Waals surface area contributed by atoms with E-state index < -0.39 is 0 Å². The van der Waals surface area contributed by atoms with Crippen LogP contribution in [0.5, 0.6) is 11.5 Å². The maximum absolute atomic E-state index is 12.3. The molecule has 0 radical (unpaired) electrons. The number of aromatic hydroxyl groups is 1. The van der Waals surface area contributed by atoms with Gasteiger partial charge in [-0.2, -0.15) is 0 Å². The molecule has 0 amide bonds. The highest BCUT2D eigenvalue weighted by Gasteiger charge is 2.56. The van der Waals surface area contributed by atoms with Crippen LogP contribution < -0.4 is 4.74 Å². The van der Waals surface area contributed by atoms with Crippen molar-refractivity contribution in [1.82, 2.24) is 4.90 Å². The molecule has 2 bridgehead atoms. The van der Waals surface area contributed by atoms with E-state index in [1.807, 2.05) is 6.07 Å². The molecule has 4 rings (SSSR count). The number of phenolic OH excluding ortho intramolecular Hbond substituents is 1. The number of Topliss-reactive ketones (excluding diaryl/α,β-unsaturated/α-hetero) is 1. The number of likely N-dealkylation sites (tertiary alicyclic amines) is 1. The second kappa shape index (κ2) is 4.97. The number of ether oxygens (including phenoxy) is 1. The Morgan fingerprint density at radius 1 is 1.43 bits per heavy atom. The van der Waals surface area contributed by atoms with Gasteiger partial charge in [-0.05, 0) is 62.9 Å². The van der Waals surface area contributed by atoms with Gasteiger partial charge in [0, 0.05) is 29.9 Å². The van der Waals surface area contributed by atoms with Crippen molar-refractivity contribution in [3.63, 3.8) is 0 Å². The topological polar surface area (TPSA) is 49.8 Å². The lowest BCUT2D eigenvalue weighted by Crippen LogP contribution is -2.61. The molecule has 2 fully saturated rings. The summed E-state index contributed by atoms with van der Waals surface area (Å²) in [6, 6.07) is 2.42. The van der Waals surface area contributed by atoms with Gasteiger partial charge in [0.2, 0.25) is 0 Å². The van der Waals surface area contributed by atoms with Gasteiger partial charge >= 0.3 is 0 Å². The Balaban J connectivity index is 1.99. The van der Waals surface area contributed by atoms with Crippen LogP contribution in [-0.4, -0.2) is 42.5 Å². The molecule has 3 aliphatic rings. The molecule has 1 aromatic rings. The number of piperidine rings is 1. The van der Waals surface area contributed by atoms with E-state index in [4.69, 9.17) is 4.74 Å². The van der Waals surface area contributed by atoms with Crippen LogP contribution in [0.1, 0.15) is 42.4 Å². The molecule has 0 aromatic heterocycles. The summed E-state index contributed by atoms with van der Waals surface area (Å²) in [4.78, 5) is 14.8. The van der Waals surface area contributed by atoms with Gasteiger partial charge < -0.3 is 14.7 Å². The predicted molar refractivity (Wildman–Crippen MR) is 88.2 cm³/mol. The van der Waals surface area contributed by atoms with E-state index in [9.17, 15) is 9.90 Å². The van der Waals surface area contributed by atoms with Crippen LogP contribution >= 0.6 is 0 Å². The molecular weight excluding hydrogens is 290 g/mol. The summed E-state index contributed by atoms with van der Waals surface area (Å²) < 4.78 is 5.41. The molecule has 2 aliphatic carbocycles. The van der Waals surface area contributed by atoms with E-state index >= 15 is 0 Å². The molecule has 1 saturated carbocycles. The SMILES string of the molecule is COc1cc(C)c2c(c1O)[C@]13CCN(C)C(C2)C1CCC(=O)C3. The first-order chi connectivity index (χ1) is 11.0. The lowest BCUT2D eigenvalue weighted by Gasteiger charge is -2.58. The van der Waals surface area contributed by atoms with E-state index in [0.717, 1.165) is 31.4 Å². The van der Waals surface area contributed by atoms with E-state index in [1.54, 1.807) is 7.11 Å². The van der Waals surface area contributed by atoms with Crippen molar-refractivity contribution in [2.24, 2.45) is 5.92 Å². The number of phenols is 1. The molecule has 4 nitrogen and oxygen atoms in total. The largest absolute Gasteiger partial charge is 0.504 e. The minimum absolute atomic E-state index is 0.191. The van der Waals surface area contributed by atoms with Crippen LogP contribution in [0, 0.1) is 12.8 Å². The first kappa shape index (κ1) is 15.0. The molecule has 0 spiro atoms. The summed E-state index contributed by atoms with van der Waals surface area (Å²) in [6.45, 7) is 3.09. The molecule has 1 aliphatic heterocycles. The number of ketones is 1. The Kier molecular flexibility index (Phi) is 3.24. The molecule has 1 heterocycles. The van der Waals surface area contributed by atoms with Crippen LogP contribution in [0.25, 0.3) is 0 Å². The zero-order valence-electron chi connectivity index (χ0n) is 14.2. The third-order valence-corrected chi connectivity index (χ3v) is 6.62. The van der Waals surface area contributed by atoms with Crippen molar-refractivity contribution in [1.29, 1.82) is 0 Å². The quantitative estimate of drug-likeness (QED) is 0.865. The van der Waals surface area contributed by atoms with E-state index in [0.29, 0.717) is 36.3 Å². The number of benzene rings is 1. The lowest BCUT2D eigenvalue weighted by molar-refractivity contribution is -0.127. The zero-order chi connectivity index (χ0) is 16.4. The van der Waals surface area contributed by atoms with Crippen molar-refractivity contribution in [3.8, 4) is 11.5 Å². The van der Waals surface area contributed by atoms with Crippen LogP contribution in [-0.2, 0) is 16.6 Å². The Hall–Kier alpha value is -1.55. The number of hydrogen-bond acceptors (Lipinski definition) is 4. The smallest absolute Gasteiger partial charge is 0.161 e. The lowest BCUT2D eigenvalue weighted by atomic mass is 9.51. The van der Waals surface area contributed by atoms with Crippen molar-refractivity contribution in [2.75, 3.05) is 20.7 Å². The van der Waals surface area contributed by atoms with E-state index in [2.05, 4.69) is 18.9 Å². The average Bonchev–Trinajstić information content (AvgIpc) is 2.53. The maximum atomic E-state index is 12.3. The highest BCUT2D eigenvalue weighted by molar-refractivity contribution is 5.82. The fourth-order valence-corrected chi connectivity index (χ4v) is 5.52. The number of carbonyl (C=O) groups excluding carboxylic acids is 1.